The van der Waals surface area contributed by atoms with Crippen LogP contribution in [0.3, 0.4) is 0 Å². The second-order valence-corrected chi connectivity index (χ2v) is 6.75. The zero-order chi connectivity index (χ0) is 18.9. The summed E-state index contributed by atoms with van der Waals surface area (Å²) < 4.78 is 0. The summed E-state index contributed by atoms with van der Waals surface area (Å²) in [6.45, 7) is 3.19. The van der Waals surface area contributed by atoms with Crippen molar-refractivity contribution in [2.24, 2.45) is 0 Å². The van der Waals surface area contributed by atoms with Crippen molar-refractivity contribution < 1.29 is 9.90 Å². The molecule has 0 aliphatic carbocycles. The summed E-state index contributed by atoms with van der Waals surface area (Å²) in [6, 6.07) is 7.81. The molecule has 3 nitrogen and oxygen atoms in total. The van der Waals surface area contributed by atoms with Gasteiger partial charge in [0.15, 0.2) is 0 Å². The molecule has 0 saturated heterocycles. The maximum atomic E-state index is 10.6. The van der Waals surface area contributed by atoms with E-state index in [9.17, 15) is 4.79 Å². The quantitative estimate of drug-likeness (QED) is 0.209. The minimum Gasteiger partial charge on any atom is -0.478 e. The van der Waals surface area contributed by atoms with Crippen LogP contribution in [0.1, 0.15) is 76.7 Å². The van der Waals surface area contributed by atoms with Crippen LogP contribution in [0.4, 0.5) is 5.69 Å². The van der Waals surface area contributed by atoms with E-state index in [0.717, 1.165) is 36.7 Å². The Morgan fingerprint density at radius 3 is 2.42 bits per heavy atom. The molecule has 0 aliphatic rings. The molecular formula is C23H35NO2. The van der Waals surface area contributed by atoms with Gasteiger partial charge in [-0.05, 0) is 49.5 Å². The van der Waals surface area contributed by atoms with E-state index in [2.05, 4.69) is 24.4 Å². The van der Waals surface area contributed by atoms with E-state index in [1.165, 1.54) is 51.4 Å². The molecule has 0 unspecified atom stereocenters. The number of benzene rings is 1. The Bertz CT molecular complexity index is 549. The largest absolute Gasteiger partial charge is 0.478 e. The van der Waals surface area contributed by atoms with Gasteiger partial charge >= 0.3 is 5.97 Å². The minimum absolute atomic E-state index is 0.895. The first-order valence-corrected chi connectivity index (χ1v) is 10.1. The molecule has 0 aromatic heterocycles. The van der Waals surface area contributed by atoms with Crippen molar-refractivity contribution in [1.82, 2.24) is 0 Å². The van der Waals surface area contributed by atoms with Gasteiger partial charge in [0, 0.05) is 18.3 Å². The Labute approximate surface area is 159 Å². The average Bonchev–Trinajstić information content (AvgIpc) is 2.64. The predicted octanol–water partition coefficient (Wildman–Crippen LogP) is 6.67. The maximum Gasteiger partial charge on any atom is 0.328 e. The SMILES string of the molecule is CCCCCCCCC/C=C/CCCNc1cccc(/C=C/C(=O)O)c1. The molecule has 26 heavy (non-hydrogen) atoms. The molecule has 0 heterocycles. The number of carboxylic acids is 1. The zero-order valence-electron chi connectivity index (χ0n) is 16.3. The number of allylic oxidation sites excluding steroid dienone is 2. The molecule has 0 fully saturated rings. The third-order valence-corrected chi connectivity index (χ3v) is 4.32. The van der Waals surface area contributed by atoms with Gasteiger partial charge in [-0.1, -0.05) is 69.7 Å². The normalized spacial score (nSPS) is 11.4. The van der Waals surface area contributed by atoms with E-state index in [-0.39, 0.29) is 0 Å². The van der Waals surface area contributed by atoms with E-state index < -0.39 is 5.97 Å². The highest BCUT2D eigenvalue weighted by atomic mass is 16.4. The number of carbonyl (C=O) groups is 1. The van der Waals surface area contributed by atoms with Crippen LogP contribution in [0.2, 0.25) is 0 Å². The standard InChI is InChI=1S/C23H35NO2/c1-2-3-4-5-6-7-8-9-10-11-12-13-19-24-22-16-14-15-21(20-22)17-18-23(25)26/h10-11,14-18,20,24H,2-9,12-13,19H2,1H3,(H,25,26)/b11-10+,18-17+. The Kier molecular flexibility index (Phi) is 12.9. The smallest absolute Gasteiger partial charge is 0.328 e. The van der Waals surface area contributed by atoms with E-state index in [1.54, 1.807) is 6.08 Å². The van der Waals surface area contributed by atoms with Crippen molar-refractivity contribution in [3.8, 4) is 0 Å². The van der Waals surface area contributed by atoms with Gasteiger partial charge in [0.25, 0.3) is 0 Å². The highest BCUT2D eigenvalue weighted by molar-refractivity contribution is 5.85. The summed E-state index contributed by atoms with van der Waals surface area (Å²) in [5, 5.41) is 12.1. The summed E-state index contributed by atoms with van der Waals surface area (Å²) >= 11 is 0. The van der Waals surface area contributed by atoms with Gasteiger partial charge in [0.05, 0.1) is 0 Å². The minimum atomic E-state index is -0.924. The van der Waals surface area contributed by atoms with Gasteiger partial charge in [-0.3, -0.25) is 0 Å². The molecule has 2 N–H and O–H groups in total. The summed E-state index contributed by atoms with van der Waals surface area (Å²) in [6.07, 6.45) is 20.4. The molecule has 1 rings (SSSR count). The number of rotatable bonds is 15. The Hall–Kier alpha value is -2.03. The second-order valence-electron chi connectivity index (χ2n) is 6.75. The highest BCUT2D eigenvalue weighted by Gasteiger charge is 1.94. The molecular weight excluding hydrogens is 322 g/mol. The first-order chi connectivity index (χ1) is 12.7. The van der Waals surface area contributed by atoms with E-state index in [0.29, 0.717) is 0 Å². The van der Waals surface area contributed by atoms with Crippen LogP contribution in [0.5, 0.6) is 0 Å². The van der Waals surface area contributed by atoms with Gasteiger partial charge in [0.1, 0.15) is 0 Å². The molecule has 3 heteroatoms. The Morgan fingerprint density at radius 2 is 1.69 bits per heavy atom. The molecule has 0 atom stereocenters. The fourth-order valence-electron chi connectivity index (χ4n) is 2.83. The van der Waals surface area contributed by atoms with Gasteiger partial charge < -0.3 is 10.4 Å². The predicted molar refractivity (Wildman–Crippen MR) is 113 cm³/mol. The van der Waals surface area contributed by atoms with Gasteiger partial charge in [-0.15, -0.1) is 0 Å². The number of unbranched alkanes of at least 4 members (excludes halogenated alkanes) is 8. The molecule has 0 spiro atoms. The lowest BCUT2D eigenvalue weighted by molar-refractivity contribution is -0.131. The molecule has 0 bridgehead atoms. The molecule has 1 aromatic carbocycles. The van der Waals surface area contributed by atoms with Gasteiger partial charge in [0.2, 0.25) is 0 Å². The Morgan fingerprint density at radius 1 is 1.00 bits per heavy atom. The molecule has 0 saturated carbocycles. The lowest BCUT2D eigenvalue weighted by Gasteiger charge is -2.06. The van der Waals surface area contributed by atoms with Crippen molar-refractivity contribution >= 4 is 17.7 Å². The first kappa shape index (κ1) is 22.0. The van der Waals surface area contributed by atoms with Crippen molar-refractivity contribution in [2.75, 3.05) is 11.9 Å². The van der Waals surface area contributed by atoms with E-state index >= 15 is 0 Å². The van der Waals surface area contributed by atoms with Crippen molar-refractivity contribution in [2.45, 2.75) is 71.1 Å². The second kappa shape index (κ2) is 15.2. The lowest BCUT2D eigenvalue weighted by atomic mass is 10.1. The van der Waals surface area contributed by atoms with Crippen LogP contribution in [0, 0.1) is 0 Å². The van der Waals surface area contributed by atoms with Crippen LogP contribution in [0.15, 0.2) is 42.5 Å². The van der Waals surface area contributed by atoms with Gasteiger partial charge in [-0.25, -0.2) is 4.79 Å². The average molecular weight is 358 g/mol. The molecule has 144 valence electrons. The summed E-state index contributed by atoms with van der Waals surface area (Å²) in [5.74, 6) is -0.924. The number of hydrogen-bond acceptors (Lipinski definition) is 2. The Balaban J connectivity index is 2.05. The molecule has 0 aliphatic heterocycles. The molecule has 0 radical (unpaired) electrons. The lowest BCUT2D eigenvalue weighted by Crippen LogP contribution is -2.00. The fraction of sp³-hybridized carbons (Fsp3) is 0.522. The third kappa shape index (κ3) is 12.3. The van der Waals surface area contributed by atoms with Crippen LogP contribution in [0.25, 0.3) is 6.08 Å². The summed E-state index contributed by atoms with van der Waals surface area (Å²) in [5.41, 5.74) is 1.93. The van der Waals surface area contributed by atoms with Crippen LogP contribution >= 0.6 is 0 Å². The monoisotopic (exact) mass is 357 g/mol. The van der Waals surface area contributed by atoms with Crippen molar-refractivity contribution in [1.29, 1.82) is 0 Å². The number of aliphatic carboxylic acids is 1. The van der Waals surface area contributed by atoms with E-state index in [4.69, 9.17) is 5.11 Å². The van der Waals surface area contributed by atoms with E-state index in [1.807, 2.05) is 24.3 Å². The molecule has 1 aromatic rings. The number of hydrogen-bond donors (Lipinski definition) is 2. The summed E-state index contributed by atoms with van der Waals surface area (Å²) in [7, 11) is 0. The summed E-state index contributed by atoms with van der Waals surface area (Å²) in [4.78, 5) is 10.6. The number of nitrogens with one attached hydrogen (secondary N) is 1. The molecule has 0 amide bonds. The number of carboxylic acid groups (broad SMARTS) is 1. The van der Waals surface area contributed by atoms with Crippen LogP contribution in [-0.4, -0.2) is 17.6 Å². The van der Waals surface area contributed by atoms with Crippen LogP contribution < -0.4 is 5.32 Å². The topological polar surface area (TPSA) is 49.3 Å². The highest BCUT2D eigenvalue weighted by Crippen LogP contribution is 2.12. The fourth-order valence-corrected chi connectivity index (χ4v) is 2.83. The zero-order valence-corrected chi connectivity index (χ0v) is 16.3. The maximum absolute atomic E-state index is 10.6. The van der Waals surface area contributed by atoms with Crippen molar-refractivity contribution in [3.05, 3.63) is 48.1 Å². The number of anilines is 1. The van der Waals surface area contributed by atoms with Crippen molar-refractivity contribution in [3.63, 3.8) is 0 Å². The first-order valence-electron chi connectivity index (χ1n) is 10.1. The third-order valence-electron chi connectivity index (χ3n) is 4.32. The van der Waals surface area contributed by atoms with Gasteiger partial charge in [-0.2, -0.15) is 0 Å². The van der Waals surface area contributed by atoms with Crippen LogP contribution in [-0.2, 0) is 4.79 Å².